The summed E-state index contributed by atoms with van der Waals surface area (Å²) in [5.41, 5.74) is 0.757. The Morgan fingerprint density at radius 1 is 1.28 bits per heavy atom. The topological polar surface area (TPSA) is 32.7 Å². The van der Waals surface area contributed by atoms with Gasteiger partial charge in [0, 0.05) is 25.2 Å². The molecule has 18 heavy (non-hydrogen) atoms. The van der Waals surface area contributed by atoms with Crippen LogP contribution in [0.25, 0.3) is 0 Å². The van der Waals surface area contributed by atoms with E-state index in [-0.39, 0.29) is 18.5 Å². The van der Waals surface area contributed by atoms with Crippen LogP contribution < -0.4 is 0 Å². The first-order valence-electron chi connectivity index (χ1n) is 6.48. The van der Waals surface area contributed by atoms with Crippen LogP contribution in [0.1, 0.15) is 18.4 Å². The molecule has 0 saturated carbocycles. The predicted molar refractivity (Wildman–Crippen MR) is 67.7 cm³/mol. The van der Waals surface area contributed by atoms with Gasteiger partial charge in [0.1, 0.15) is 5.82 Å². The van der Waals surface area contributed by atoms with Gasteiger partial charge >= 0.3 is 0 Å². The molecule has 0 radical (unpaired) electrons. The van der Waals surface area contributed by atoms with Crippen molar-refractivity contribution in [1.29, 1.82) is 0 Å². The molecule has 0 amide bonds. The number of benzene rings is 1. The second-order valence-electron chi connectivity index (χ2n) is 4.66. The highest BCUT2D eigenvalue weighted by atomic mass is 19.1. The average molecular weight is 253 g/mol. The minimum absolute atomic E-state index is 0.0788. The lowest BCUT2D eigenvalue weighted by Gasteiger charge is -2.31. The van der Waals surface area contributed by atoms with Crippen LogP contribution in [0, 0.1) is 5.82 Å². The van der Waals surface area contributed by atoms with Crippen molar-refractivity contribution in [2.45, 2.75) is 25.5 Å². The van der Waals surface area contributed by atoms with Gasteiger partial charge < -0.3 is 9.84 Å². The Kier molecular flexibility index (Phi) is 5.11. The molecule has 0 aliphatic carbocycles. The summed E-state index contributed by atoms with van der Waals surface area (Å²) in [6.45, 7) is 3.00. The molecule has 1 aromatic carbocycles. The van der Waals surface area contributed by atoms with Crippen LogP contribution in [0.15, 0.2) is 24.3 Å². The molecule has 1 fully saturated rings. The second kappa shape index (κ2) is 6.83. The van der Waals surface area contributed by atoms with E-state index in [1.54, 1.807) is 6.07 Å². The van der Waals surface area contributed by atoms with Crippen LogP contribution in [0.2, 0.25) is 0 Å². The highest BCUT2D eigenvalue weighted by Gasteiger charge is 2.20. The van der Waals surface area contributed by atoms with Crippen molar-refractivity contribution in [2.75, 3.05) is 26.3 Å². The predicted octanol–water partition coefficient (Wildman–Crippen LogP) is 1.80. The summed E-state index contributed by atoms with van der Waals surface area (Å²) >= 11 is 0. The van der Waals surface area contributed by atoms with Gasteiger partial charge in [0.05, 0.1) is 19.3 Å². The maximum atomic E-state index is 13.5. The lowest BCUT2D eigenvalue weighted by atomic mass is 10.1. The molecule has 0 bridgehead atoms. The number of nitrogens with zero attached hydrogens (tertiary/aromatic N) is 1. The van der Waals surface area contributed by atoms with Crippen molar-refractivity contribution >= 4 is 0 Å². The van der Waals surface area contributed by atoms with E-state index in [4.69, 9.17) is 9.84 Å². The molecule has 3 nitrogen and oxygen atoms in total. The number of aliphatic hydroxyl groups is 1. The van der Waals surface area contributed by atoms with E-state index >= 15 is 0 Å². The molecule has 0 atom stereocenters. The number of piperidine rings is 1. The lowest BCUT2D eigenvalue weighted by molar-refractivity contribution is -0.00914. The third kappa shape index (κ3) is 3.77. The molecular weight excluding hydrogens is 233 g/mol. The van der Waals surface area contributed by atoms with Gasteiger partial charge in [0.25, 0.3) is 0 Å². The van der Waals surface area contributed by atoms with Crippen LogP contribution in [0.4, 0.5) is 4.39 Å². The molecule has 1 N–H and O–H groups in total. The molecule has 100 valence electrons. The fraction of sp³-hybridized carbons (Fsp3) is 0.571. The summed E-state index contributed by atoms with van der Waals surface area (Å²) in [5.74, 6) is -0.129. The van der Waals surface area contributed by atoms with Crippen LogP contribution in [-0.2, 0) is 11.3 Å². The number of rotatable bonds is 5. The minimum atomic E-state index is -0.129. The summed E-state index contributed by atoms with van der Waals surface area (Å²) in [5, 5.41) is 8.70. The third-order valence-corrected chi connectivity index (χ3v) is 3.33. The van der Waals surface area contributed by atoms with E-state index in [2.05, 4.69) is 4.90 Å². The summed E-state index contributed by atoms with van der Waals surface area (Å²) in [7, 11) is 0. The van der Waals surface area contributed by atoms with Gasteiger partial charge in [-0.05, 0) is 18.9 Å². The van der Waals surface area contributed by atoms with Crippen LogP contribution in [0.3, 0.4) is 0 Å². The molecule has 1 aromatic rings. The number of likely N-dealkylation sites (tertiary alicyclic amines) is 1. The van der Waals surface area contributed by atoms with Crippen LogP contribution in [0.5, 0.6) is 0 Å². The Morgan fingerprint density at radius 2 is 2.00 bits per heavy atom. The van der Waals surface area contributed by atoms with E-state index in [1.165, 1.54) is 6.07 Å². The van der Waals surface area contributed by atoms with Crippen molar-refractivity contribution in [3.8, 4) is 0 Å². The standard InChI is InChI=1S/C14H20FNO2/c15-14-4-2-1-3-12(14)11-16-7-5-13(6-8-16)18-10-9-17/h1-4,13,17H,5-11H2. The Hall–Kier alpha value is -0.970. The van der Waals surface area contributed by atoms with Gasteiger partial charge in [-0.3, -0.25) is 4.90 Å². The molecule has 0 aromatic heterocycles. The van der Waals surface area contributed by atoms with Gasteiger partial charge in [-0.15, -0.1) is 0 Å². The van der Waals surface area contributed by atoms with Gasteiger partial charge in [-0.2, -0.15) is 0 Å². The average Bonchev–Trinajstić information content (AvgIpc) is 2.41. The number of hydrogen-bond acceptors (Lipinski definition) is 3. The molecule has 4 heteroatoms. The van der Waals surface area contributed by atoms with Crippen molar-refractivity contribution in [3.63, 3.8) is 0 Å². The Labute approximate surface area is 107 Å². The number of aliphatic hydroxyl groups excluding tert-OH is 1. The highest BCUT2D eigenvalue weighted by Crippen LogP contribution is 2.17. The Morgan fingerprint density at radius 3 is 2.67 bits per heavy atom. The molecule has 1 saturated heterocycles. The Balaban J connectivity index is 1.78. The molecule has 1 aliphatic rings. The normalized spacial score (nSPS) is 18.1. The minimum Gasteiger partial charge on any atom is -0.394 e. The van der Waals surface area contributed by atoms with E-state index in [0.29, 0.717) is 13.2 Å². The molecule has 0 unspecified atom stereocenters. The number of ether oxygens (including phenoxy) is 1. The molecular formula is C14H20FNO2. The van der Waals surface area contributed by atoms with Crippen molar-refractivity contribution in [2.24, 2.45) is 0 Å². The van der Waals surface area contributed by atoms with Gasteiger partial charge in [0.2, 0.25) is 0 Å². The van der Waals surface area contributed by atoms with Crippen LogP contribution >= 0.6 is 0 Å². The highest BCUT2D eigenvalue weighted by molar-refractivity contribution is 5.17. The monoisotopic (exact) mass is 253 g/mol. The fourth-order valence-electron chi connectivity index (χ4n) is 2.32. The van der Waals surface area contributed by atoms with E-state index in [9.17, 15) is 4.39 Å². The molecule has 0 spiro atoms. The summed E-state index contributed by atoms with van der Waals surface area (Å²) < 4.78 is 19.0. The maximum absolute atomic E-state index is 13.5. The van der Waals surface area contributed by atoms with Crippen molar-refractivity contribution < 1.29 is 14.2 Å². The molecule has 1 heterocycles. The van der Waals surface area contributed by atoms with Crippen molar-refractivity contribution in [3.05, 3.63) is 35.6 Å². The fourth-order valence-corrected chi connectivity index (χ4v) is 2.32. The Bertz CT molecular complexity index is 365. The van der Waals surface area contributed by atoms with Crippen LogP contribution in [-0.4, -0.2) is 42.4 Å². The van der Waals surface area contributed by atoms with Crippen molar-refractivity contribution in [1.82, 2.24) is 4.90 Å². The maximum Gasteiger partial charge on any atom is 0.127 e. The molecule has 1 aliphatic heterocycles. The first kappa shape index (κ1) is 13.5. The van der Waals surface area contributed by atoms with E-state index in [0.717, 1.165) is 31.5 Å². The lowest BCUT2D eigenvalue weighted by Crippen LogP contribution is -2.37. The summed E-state index contributed by atoms with van der Waals surface area (Å²) in [4.78, 5) is 2.25. The SMILES string of the molecule is OCCOC1CCN(Cc2ccccc2F)CC1. The zero-order chi connectivity index (χ0) is 12.8. The first-order chi connectivity index (χ1) is 8.79. The summed E-state index contributed by atoms with van der Waals surface area (Å²) in [6, 6.07) is 6.93. The van der Waals surface area contributed by atoms with Gasteiger partial charge in [-0.1, -0.05) is 18.2 Å². The zero-order valence-electron chi connectivity index (χ0n) is 10.5. The quantitative estimate of drug-likeness (QED) is 0.868. The number of halogens is 1. The second-order valence-corrected chi connectivity index (χ2v) is 4.66. The largest absolute Gasteiger partial charge is 0.394 e. The summed E-state index contributed by atoms with van der Waals surface area (Å²) in [6.07, 6.45) is 2.15. The first-order valence-corrected chi connectivity index (χ1v) is 6.48. The van der Waals surface area contributed by atoms with E-state index < -0.39 is 0 Å². The number of hydrogen-bond donors (Lipinski definition) is 1. The smallest absolute Gasteiger partial charge is 0.127 e. The zero-order valence-corrected chi connectivity index (χ0v) is 10.5. The third-order valence-electron chi connectivity index (χ3n) is 3.33. The van der Waals surface area contributed by atoms with Gasteiger partial charge in [-0.25, -0.2) is 4.39 Å². The van der Waals surface area contributed by atoms with Gasteiger partial charge in [0.15, 0.2) is 0 Å². The van der Waals surface area contributed by atoms with E-state index in [1.807, 2.05) is 12.1 Å². The molecule has 2 rings (SSSR count).